The molecule has 5 nitrogen and oxygen atoms in total. The second-order valence-corrected chi connectivity index (χ2v) is 9.11. The van der Waals surface area contributed by atoms with Crippen molar-refractivity contribution < 1.29 is 22.7 Å². The Hall–Kier alpha value is -3.55. The van der Waals surface area contributed by atoms with Crippen molar-refractivity contribution in [1.82, 2.24) is 4.57 Å². The standard InChI is InChI=1S/C27H31F3N2O3/c1-7-8-9-21(13-10-18(2)27(28,29)30)35-23-16-19(26(3,4)5)11-14-22(23)25(34)31-20-12-15-24(33)32(6)17-20/h8-17H,7H2,1-6H3,(H,31,34)/b9-8+,18-10+,21-13+. The molecule has 1 aromatic heterocycles. The third-order valence-corrected chi connectivity index (χ3v) is 5.13. The van der Waals surface area contributed by atoms with Gasteiger partial charge in [0, 0.05) is 24.9 Å². The smallest absolute Gasteiger partial charge is 0.412 e. The molecule has 1 amide bonds. The number of anilines is 1. The number of pyridine rings is 1. The van der Waals surface area contributed by atoms with Crippen LogP contribution in [0.25, 0.3) is 0 Å². The predicted molar refractivity (Wildman–Crippen MR) is 133 cm³/mol. The fraction of sp³-hybridized carbons (Fsp3) is 0.333. The van der Waals surface area contributed by atoms with Crippen LogP contribution in [-0.2, 0) is 12.5 Å². The normalized spacial score (nSPS) is 13.3. The summed E-state index contributed by atoms with van der Waals surface area (Å²) in [6.45, 7) is 8.86. The minimum absolute atomic E-state index is 0.151. The average Bonchev–Trinajstić information content (AvgIpc) is 2.76. The number of alkyl halides is 3. The molecule has 0 unspecified atom stereocenters. The summed E-state index contributed by atoms with van der Waals surface area (Å²) < 4.78 is 46.2. The molecule has 0 aliphatic heterocycles. The molecule has 188 valence electrons. The summed E-state index contributed by atoms with van der Waals surface area (Å²) in [5, 5.41) is 2.73. The molecule has 1 N–H and O–H groups in total. The molecule has 35 heavy (non-hydrogen) atoms. The molecule has 1 aromatic carbocycles. The third kappa shape index (κ3) is 8.02. The number of nitrogens with zero attached hydrogens (tertiary/aromatic N) is 1. The maximum atomic E-state index is 13.1. The van der Waals surface area contributed by atoms with E-state index in [2.05, 4.69) is 5.32 Å². The van der Waals surface area contributed by atoms with E-state index in [9.17, 15) is 22.8 Å². The van der Waals surface area contributed by atoms with E-state index in [1.807, 2.05) is 33.8 Å². The monoisotopic (exact) mass is 488 g/mol. The Kier molecular flexibility index (Phi) is 8.90. The molecule has 2 aromatic rings. The Morgan fingerprint density at radius 1 is 1.11 bits per heavy atom. The van der Waals surface area contributed by atoms with Crippen LogP contribution in [0.3, 0.4) is 0 Å². The van der Waals surface area contributed by atoms with Gasteiger partial charge in [-0.15, -0.1) is 0 Å². The average molecular weight is 489 g/mol. The Balaban J connectivity index is 2.53. The number of hydrogen-bond donors (Lipinski definition) is 1. The van der Waals surface area contributed by atoms with Gasteiger partial charge in [-0.1, -0.05) is 45.9 Å². The lowest BCUT2D eigenvalue weighted by Gasteiger charge is -2.21. The molecule has 0 saturated carbocycles. The molecule has 0 atom stereocenters. The van der Waals surface area contributed by atoms with Gasteiger partial charge in [-0.25, -0.2) is 0 Å². The van der Waals surface area contributed by atoms with Crippen LogP contribution >= 0.6 is 0 Å². The number of allylic oxidation sites excluding steroid dienone is 5. The lowest BCUT2D eigenvalue weighted by molar-refractivity contribution is -0.0913. The van der Waals surface area contributed by atoms with Gasteiger partial charge in [0.15, 0.2) is 0 Å². The van der Waals surface area contributed by atoms with Crippen LogP contribution in [-0.4, -0.2) is 16.7 Å². The van der Waals surface area contributed by atoms with Gasteiger partial charge in [0.1, 0.15) is 11.5 Å². The SMILES string of the molecule is CC/C=C/C(=C\C=C(/C)C(F)(F)F)Oc1cc(C(C)(C)C)ccc1C(=O)Nc1ccc(=O)n(C)c1. The van der Waals surface area contributed by atoms with Gasteiger partial charge >= 0.3 is 6.18 Å². The van der Waals surface area contributed by atoms with E-state index in [1.165, 1.54) is 29.0 Å². The van der Waals surface area contributed by atoms with Crippen molar-refractivity contribution in [3.63, 3.8) is 0 Å². The molecule has 0 spiro atoms. The first-order valence-corrected chi connectivity index (χ1v) is 11.1. The van der Waals surface area contributed by atoms with Gasteiger partial charge in [0.05, 0.1) is 11.3 Å². The number of halogens is 3. The fourth-order valence-corrected chi connectivity index (χ4v) is 2.91. The summed E-state index contributed by atoms with van der Waals surface area (Å²) >= 11 is 0. The highest BCUT2D eigenvalue weighted by atomic mass is 19.4. The van der Waals surface area contributed by atoms with Gasteiger partial charge < -0.3 is 14.6 Å². The number of benzene rings is 1. The molecular formula is C27H31F3N2O3. The Morgan fingerprint density at radius 2 is 1.80 bits per heavy atom. The summed E-state index contributed by atoms with van der Waals surface area (Å²) in [5.41, 5.74) is 0.223. The lowest BCUT2D eigenvalue weighted by atomic mass is 9.86. The van der Waals surface area contributed by atoms with Crippen LogP contribution in [0.2, 0.25) is 0 Å². The summed E-state index contributed by atoms with van der Waals surface area (Å²) in [6, 6.07) is 7.96. The maximum absolute atomic E-state index is 13.1. The van der Waals surface area contributed by atoms with Gasteiger partial charge in [0.2, 0.25) is 5.56 Å². The zero-order valence-corrected chi connectivity index (χ0v) is 20.8. The Morgan fingerprint density at radius 3 is 2.37 bits per heavy atom. The quantitative estimate of drug-likeness (QED) is 0.350. The molecule has 0 aliphatic rings. The molecule has 0 radical (unpaired) electrons. The first kappa shape index (κ1) is 27.7. The number of aryl methyl sites for hydroxylation is 1. The van der Waals surface area contributed by atoms with Crippen molar-refractivity contribution in [1.29, 1.82) is 0 Å². The van der Waals surface area contributed by atoms with Crippen LogP contribution < -0.4 is 15.6 Å². The molecule has 1 heterocycles. The molecule has 0 fully saturated rings. The van der Waals surface area contributed by atoms with Crippen LogP contribution in [0.1, 0.15) is 57.0 Å². The molecule has 2 rings (SSSR count). The highest BCUT2D eigenvalue weighted by molar-refractivity contribution is 6.06. The number of hydrogen-bond acceptors (Lipinski definition) is 3. The Labute approximate surface area is 203 Å². The van der Waals surface area contributed by atoms with Gasteiger partial charge in [-0.05, 0) is 54.7 Å². The van der Waals surface area contributed by atoms with E-state index >= 15 is 0 Å². The van der Waals surface area contributed by atoms with Gasteiger partial charge in [0.25, 0.3) is 5.91 Å². The van der Waals surface area contributed by atoms with Crippen molar-refractivity contribution >= 4 is 11.6 Å². The van der Waals surface area contributed by atoms with Crippen molar-refractivity contribution in [3.05, 3.63) is 93.6 Å². The number of carbonyl (C=O) groups excluding carboxylic acids is 1. The number of ether oxygens (including phenoxy) is 1. The molecular weight excluding hydrogens is 457 g/mol. The first-order valence-electron chi connectivity index (χ1n) is 11.1. The first-order chi connectivity index (χ1) is 16.2. The van der Waals surface area contributed by atoms with Gasteiger partial charge in [-0.3, -0.25) is 9.59 Å². The van der Waals surface area contributed by atoms with E-state index in [0.29, 0.717) is 12.1 Å². The summed E-state index contributed by atoms with van der Waals surface area (Å²) in [5.74, 6) is -0.137. The Bertz CT molecular complexity index is 1210. The van der Waals surface area contributed by atoms with E-state index in [1.54, 1.807) is 31.3 Å². The van der Waals surface area contributed by atoms with E-state index in [0.717, 1.165) is 18.6 Å². The highest BCUT2D eigenvalue weighted by Crippen LogP contribution is 2.31. The maximum Gasteiger partial charge on any atom is 0.412 e. The topological polar surface area (TPSA) is 60.3 Å². The predicted octanol–water partition coefficient (Wildman–Crippen LogP) is 6.67. The van der Waals surface area contributed by atoms with Crippen molar-refractivity contribution in [3.8, 4) is 5.75 Å². The number of carbonyl (C=O) groups is 1. The minimum Gasteiger partial charge on any atom is -0.457 e. The van der Waals surface area contributed by atoms with Crippen molar-refractivity contribution in [2.24, 2.45) is 7.05 Å². The van der Waals surface area contributed by atoms with Crippen molar-refractivity contribution in [2.75, 3.05) is 5.32 Å². The third-order valence-electron chi connectivity index (χ3n) is 5.13. The molecule has 0 saturated heterocycles. The highest BCUT2D eigenvalue weighted by Gasteiger charge is 2.29. The summed E-state index contributed by atoms with van der Waals surface area (Å²) in [7, 11) is 1.57. The molecule has 0 aliphatic carbocycles. The van der Waals surface area contributed by atoms with Crippen LogP contribution in [0.5, 0.6) is 5.75 Å². The van der Waals surface area contributed by atoms with E-state index in [4.69, 9.17) is 4.74 Å². The fourth-order valence-electron chi connectivity index (χ4n) is 2.91. The van der Waals surface area contributed by atoms with E-state index < -0.39 is 17.7 Å². The van der Waals surface area contributed by atoms with Crippen LogP contribution in [0.15, 0.2) is 77.0 Å². The largest absolute Gasteiger partial charge is 0.457 e. The number of nitrogens with one attached hydrogen (secondary N) is 1. The summed E-state index contributed by atoms with van der Waals surface area (Å²) in [6.07, 6.45) is 3.16. The molecule has 0 bridgehead atoms. The number of amides is 1. The number of rotatable bonds is 7. The summed E-state index contributed by atoms with van der Waals surface area (Å²) in [4.78, 5) is 24.7. The second-order valence-electron chi connectivity index (χ2n) is 9.11. The lowest BCUT2D eigenvalue weighted by Crippen LogP contribution is -2.19. The van der Waals surface area contributed by atoms with Crippen LogP contribution in [0.4, 0.5) is 18.9 Å². The number of aromatic nitrogens is 1. The van der Waals surface area contributed by atoms with Crippen molar-refractivity contribution in [2.45, 2.75) is 52.6 Å². The zero-order chi connectivity index (χ0) is 26.4. The molecule has 8 heteroatoms. The second kappa shape index (κ2) is 11.3. The van der Waals surface area contributed by atoms with Gasteiger partial charge in [-0.2, -0.15) is 13.2 Å². The van der Waals surface area contributed by atoms with E-state index in [-0.39, 0.29) is 28.0 Å². The zero-order valence-electron chi connectivity index (χ0n) is 20.8. The minimum atomic E-state index is -4.46. The van der Waals surface area contributed by atoms with Crippen LogP contribution in [0, 0.1) is 0 Å².